The minimum absolute atomic E-state index is 0.101. The summed E-state index contributed by atoms with van der Waals surface area (Å²) in [4.78, 5) is 16.4. The first kappa shape index (κ1) is 16.1. The number of benzene rings is 1. The van der Waals surface area contributed by atoms with Crippen molar-refractivity contribution in [1.29, 1.82) is 0 Å². The molecular weight excluding hydrogens is 349 g/mol. The molecule has 0 aliphatic rings. The second kappa shape index (κ2) is 5.87. The first-order valence-electron chi connectivity index (χ1n) is 7.57. The van der Waals surface area contributed by atoms with Crippen LogP contribution in [0.25, 0.3) is 21.8 Å². The highest BCUT2D eigenvalue weighted by Gasteiger charge is 2.30. The van der Waals surface area contributed by atoms with Crippen LogP contribution in [0.15, 0.2) is 53.7 Å². The Bertz CT molecular complexity index is 1150. The third-order valence-corrected chi connectivity index (χ3v) is 3.87. The lowest BCUT2D eigenvalue weighted by molar-refractivity contribution is -0.140. The number of nitrogens with one attached hydrogen (secondary N) is 1. The van der Waals surface area contributed by atoms with Crippen LogP contribution in [0.5, 0.6) is 11.5 Å². The Kier molecular flexibility index (Phi) is 3.64. The molecule has 26 heavy (non-hydrogen) atoms. The SMILES string of the molecule is O=c1c2cn[nH]c2c2ccc(Oc3ccncc3)cc2n1CC(F)(F)F. The molecule has 0 fully saturated rings. The van der Waals surface area contributed by atoms with E-state index in [0.717, 1.165) is 0 Å². The maximum atomic E-state index is 13.0. The maximum Gasteiger partial charge on any atom is 0.406 e. The van der Waals surface area contributed by atoms with Gasteiger partial charge < -0.3 is 4.74 Å². The van der Waals surface area contributed by atoms with Gasteiger partial charge >= 0.3 is 6.18 Å². The normalized spacial score (nSPS) is 12.0. The van der Waals surface area contributed by atoms with Crippen molar-refractivity contribution in [2.45, 2.75) is 12.7 Å². The minimum Gasteiger partial charge on any atom is -0.457 e. The quantitative estimate of drug-likeness (QED) is 0.606. The smallest absolute Gasteiger partial charge is 0.406 e. The van der Waals surface area contributed by atoms with Gasteiger partial charge in [0.25, 0.3) is 5.56 Å². The first-order chi connectivity index (χ1) is 12.4. The first-order valence-corrected chi connectivity index (χ1v) is 7.57. The van der Waals surface area contributed by atoms with E-state index in [1.54, 1.807) is 24.3 Å². The van der Waals surface area contributed by atoms with E-state index in [9.17, 15) is 18.0 Å². The number of hydrogen-bond acceptors (Lipinski definition) is 4. The van der Waals surface area contributed by atoms with Crippen LogP contribution >= 0.6 is 0 Å². The topological polar surface area (TPSA) is 72.8 Å². The van der Waals surface area contributed by atoms with E-state index in [1.807, 2.05) is 0 Å². The average molecular weight is 360 g/mol. The highest BCUT2D eigenvalue weighted by Crippen LogP contribution is 2.29. The number of nitrogens with zero attached hydrogens (tertiary/aromatic N) is 3. The lowest BCUT2D eigenvalue weighted by Crippen LogP contribution is -2.28. The molecule has 9 heteroatoms. The third kappa shape index (κ3) is 2.87. The molecule has 0 aliphatic carbocycles. The fourth-order valence-electron chi connectivity index (χ4n) is 2.80. The van der Waals surface area contributed by atoms with Crippen LogP contribution < -0.4 is 10.3 Å². The minimum atomic E-state index is -4.55. The van der Waals surface area contributed by atoms with Gasteiger partial charge in [-0.1, -0.05) is 0 Å². The number of pyridine rings is 2. The zero-order valence-electron chi connectivity index (χ0n) is 13.1. The Labute approximate surface area is 143 Å². The van der Waals surface area contributed by atoms with Gasteiger partial charge in [-0.25, -0.2) is 0 Å². The van der Waals surface area contributed by atoms with Gasteiger partial charge in [0.05, 0.1) is 22.6 Å². The molecule has 0 saturated carbocycles. The third-order valence-electron chi connectivity index (χ3n) is 3.87. The van der Waals surface area contributed by atoms with E-state index >= 15 is 0 Å². The van der Waals surface area contributed by atoms with Crippen molar-refractivity contribution in [1.82, 2.24) is 19.7 Å². The lowest BCUT2D eigenvalue weighted by Gasteiger charge is -2.14. The number of rotatable bonds is 3. The van der Waals surface area contributed by atoms with Crippen molar-refractivity contribution >= 4 is 21.8 Å². The maximum absolute atomic E-state index is 13.0. The summed E-state index contributed by atoms with van der Waals surface area (Å²) in [5.74, 6) is 0.782. The second-order valence-electron chi connectivity index (χ2n) is 5.63. The number of ether oxygens (including phenoxy) is 1. The highest BCUT2D eigenvalue weighted by molar-refractivity contribution is 6.03. The van der Waals surface area contributed by atoms with Crippen LogP contribution in [0, 0.1) is 0 Å². The summed E-state index contributed by atoms with van der Waals surface area (Å²) < 4.78 is 45.3. The summed E-state index contributed by atoms with van der Waals surface area (Å²) >= 11 is 0. The Balaban J connectivity index is 1.93. The molecule has 0 radical (unpaired) electrons. The molecule has 0 saturated heterocycles. The molecule has 6 nitrogen and oxygen atoms in total. The van der Waals surface area contributed by atoms with Crippen molar-refractivity contribution in [3.63, 3.8) is 0 Å². The molecule has 0 bridgehead atoms. The molecule has 0 aliphatic heterocycles. The summed E-state index contributed by atoms with van der Waals surface area (Å²) in [6.07, 6.45) is -0.254. The summed E-state index contributed by atoms with van der Waals surface area (Å²) in [5, 5.41) is 7.00. The van der Waals surface area contributed by atoms with Crippen LogP contribution in [0.2, 0.25) is 0 Å². The Morgan fingerprint density at radius 2 is 1.85 bits per heavy atom. The van der Waals surface area contributed by atoms with E-state index in [2.05, 4.69) is 15.2 Å². The van der Waals surface area contributed by atoms with E-state index in [4.69, 9.17) is 4.74 Å². The fraction of sp³-hybridized carbons (Fsp3) is 0.118. The Morgan fingerprint density at radius 1 is 1.08 bits per heavy atom. The Hall–Kier alpha value is -3.36. The number of fused-ring (bicyclic) bond motifs is 3. The summed E-state index contributed by atoms with van der Waals surface area (Å²) in [6, 6.07) is 7.85. The standard InChI is InChI=1S/C17H11F3N4O2/c18-17(19,20)9-24-14-7-11(26-10-3-5-21-6-4-10)1-2-12(14)15-13(16(24)25)8-22-23-15/h1-8H,9H2,(H,22,23). The molecule has 1 aromatic carbocycles. The highest BCUT2D eigenvalue weighted by atomic mass is 19.4. The van der Waals surface area contributed by atoms with Crippen LogP contribution in [0.4, 0.5) is 13.2 Å². The molecule has 1 N–H and O–H groups in total. The fourth-order valence-corrected chi connectivity index (χ4v) is 2.80. The van der Waals surface area contributed by atoms with Gasteiger partial charge in [-0.2, -0.15) is 18.3 Å². The molecule has 0 atom stereocenters. The predicted molar refractivity (Wildman–Crippen MR) is 88.2 cm³/mol. The van der Waals surface area contributed by atoms with Crippen molar-refractivity contribution in [3.05, 3.63) is 59.3 Å². The monoisotopic (exact) mass is 360 g/mol. The molecule has 3 heterocycles. The van der Waals surface area contributed by atoms with Gasteiger partial charge in [-0.3, -0.25) is 19.4 Å². The molecule has 0 amide bonds. The van der Waals surface area contributed by atoms with Crippen LogP contribution in [0.3, 0.4) is 0 Å². The lowest BCUT2D eigenvalue weighted by atomic mass is 10.1. The van der Waals surface area contributed by atoms with E-state index in [1.165, 1.54) is 24.7 Å². The number of hydrogen-bond donors (Lipinski definition) is 1. The molecule has 132 valence electrons. The second-order valence-corrected chi connectivity index (χ2v) is 5.63. The van der Waals surface area contributed by atoms with E-state index < -0.39 is 18.3 Å². The summed E-state index contributed by atoms with van der Waals surface area (Å²) in [5.41, 5.74) is -0.269. The number of alkyl halides is 3. The average Bonchev–Trinajstić information content (AvgIpc) is 3.08. The number of aromatic nitrogens is 4. The van der Waals surface area contributed by atoms with Crippen LogP contribution in [0.1, 0.15) is 0 Å². The number of halogens is 3. The zero-order valence-corrected chi connectivity index (χ0v) is 13.1. The van der Waals surface area contributed by atoms with E-state index in [0.29, 0.717) is 27.0 Å². The van der Waals surface area contributed by atoms with Gasteiger partial charge in [0.2, 0.25) is 0 Å². The number of H-pyrrole nitrogens is 1. The van der Waals surface area contributed by atoms with Gasteiger partial charge in [-0.05, 0) is 24.3 Å². The van der Waals surface area contributed by atoms with Gasteiger partial charge in [0, 0.05) is 23.8 Å². The zero-order chi connectivity index (χ0) is 18.3. The van der Waals surface area contributed by atoms with Crippen LogP contribution in [-0.4, -0.2) is 25.9 Å². The molecule has 0 spiro atoms. The van der Waals surface area contributed by atoms with Crippen molar-refractivity contribution < 1.29 is 17.9 Å². The van der Waals surface area contributed by atoms with Crippen LogP contribution in [-0.2, 0) is 6.54 Å². The number of aromatic amines is 1. The van der Waals surface area contributed by atoms with Crippen molar-refractivity contribution in [3.8, 4) is 11.5 Å². The van der Waals surface area contributed by atoms with E-state index in [-0.39, 0.29) is 10.9 Å². The molecule has 0 unspecified atom stereocenters. The largest absolute Gasteiger partial charge is 0.457 e. The molecular formula is C17H11F3N4O2. The molecule has 4 aromatic rings. The van der Waals surface area contributed by atoms with Gasteiger partial charge in [0.1, 0.15) is 18.0 Å². The molecule has 3 aromatic heterocycles. The van der Waals surface area contributed by atoms with Crippen molar-refractivity contribution in [2.75, 3.05) is 0 Å². The molecule has 4 rings (SSSR count). The van der Waals surface area contributed by atoms with Crippen molar-refractivity contribution in [2.24, 2.45) is 0 Å². The summed E-state index contributed by atoms with van der Waals surface area (Å²) in [7, 11) is 0. The summed E-state index contributed by atoms with van der Waals surface area (Å²) in [6.45, 7) is -1.40. The predicted octanol–water partition coefficient (Wildman–Crippen LogP) is 3.63. The Morgan fingerprint density at radius 3 is 2.58 bits per heavy atom. The van der Waals surface area contributed by atoms with Gasteiger partial charge in [-0.15, -0.1) is 0 Å². The van der Waals surface area contributed by atoms with Gasteiger partial charge in [0.15, 0.2) is 0 Å².